The van der Waals surface area contributed by atoms with Gasteiger partial charge in [-0.05, 0) is 17.7 Å². The van der Waals surface area contributed by atoms with Crippen LogP contribution in [-0.2, 0) is 20.9 Å². The lowest BCUT2D eigenvalue weighted by atomic mass is 10.2. The summed E-state index contributed by atoms with van der Waals surface area (Å²) in [6.07, 6.45) is 0. The number of carboxylic acid groups (broad SMARTS) is 1. The third-order valence-corrected chi connectivity index (χ3v) is 4.31. The number of amides is 2. The van der Waals surface area contributed by atoms with E-state index in [1.807, 2.05) is 0 Å². The van der Waals surface area contributed by atoms with E-state index in [-0.39, 0.29) is 24.9 Å². The zero-order chi connectivity index (χ0) is 16.1. The van der Waals surface area contributed by atoms with Crippen LogP contribution >= 0.6 is 23.4 Å². The summed E-state index contributed by atoms with van der Waals surface area (Å²) in [6, 6.07) is 6.84. The second-order valence-corrected chi connectivity index (χ2v) is 6.23. The maximum absolute atomic E-state index is 12.3. The van der Waals surface area contributed by atoms with Crippen molar-refractivity contribution in [3.63, 3.8) is 0 Å². The molecule has 0 spiro atoms. The molecule has 1 heterocycles. The first-order valence-corrected chi connectivity index (χ1v) is 8.08. The normalized spacial score (nSPS) is 14.2. The van der Waals surface area contributed by atoms with Crippen LogP contribution in [-0.4, -0.2) is 57.4 Å². The van der Waals surface area contributed by atoms with Crippen LogP contribution in [0.1, 0.15) is 5.56 Å². The number of hydrogen-bond donors (Lipinski definition) is 1. The Morgan fingerprint density at radius 1 is 1.32 bits per heavy atom. The van der Waals surface area contributed by atoms with Gasteiger partial charge in [-0.3, -0.25) is 14.4 Å². The molecular weight excluding hydrogens is 328 g/mol. The van der Waals surface area contributed by atoms with Crippen molar-refractivity contribution in [3.8, 4) is 0 Å². The van der Waals surface area contributed by atoms with Crippen LogP contribution in [0, 0.1) is 0 Å². The molecule has 1 aliphatic heterocycles. The highest BCUT2D eigenvalue weighted by molar-refractivity contribution is 8.00. The summed E-state index contributed by atoms with van der Waals surface area (Å²) in [4.78, 5) is 37.5. The Morgan fingerprint density at radius 3 is 2.55 bits per heavy atom. The van der Waals surface area contributed by atoms with Crippen molar-refractivity contribution in [1.82, 2.24) is 9.80 Å². The molecule has 1 aromatic carbocycles. The number of carbonyl (C=O) groups excluding carboxylic acids is 2. The summed E-state index contributed by atoms with van der Waals surface area (Å²) < 4.78 is 0. The first kappa shape index (κ1) is 16.6. The molecule has 8 heteroatoms. The van der Waals surface area contributed by atoms with Crippen molar-refractivity contribution in [3.05, 3.63) is 34.9 Å². The molecule has 0 radical (unpaired) electrons. The molecule has 0 saturated carbocycles. The molecule has 22 heavy (non-hydrogen) atoms. The fraction of sp³-hybridized carbons (Fsp3) is 0.357. The number of aliphatic carboxylic acids is 1. The topological polar surface area (TPSA) is 77.9 Å². The average molecular weight is 343 g/mol. The van der Waals surface area contributed by atoms with E-state index in [1.54, 1.807) is 24.3 Å². The molecule has 1 aliphatic rings. The van der Waals surface area contributed by atoms with Crippen molar-refractivity contribution in [2.45, 2.75) is 6.54 Å². The van der Waals surface area contributed by atoms with Crippen molar-refractivity contribution < 1.29 is 19.5 Å². The number of rotatable bonds is 6. The molecule has 1 aromatic rings. The highest BCUT2D eigenvalue weighted by atomic mass is 35.5. The Hall–Kier alpha value is -1.73. The zero-order valence-corrected chi connectivity index (χ0v) is 13.3. The van der Waals surface area contributed by atoms with Gasteiger partial charge in [-0.1, -0.05) is 23.7 Å². The van der Waals surface area contributed by atoms with Gasteiger partial charge in [0.2, 0.25) is 11.8 Å². The Kier molecular flexibility index (Phi) is 5.68. The van der Waals surface area contributed by atoms with Gasteiger partial charge in [0.1, 0.15) is 13.1 Å². The predicted molar refractivity (Wildman–Crippen MR) is 83.5 cm³/mol. The summed E-state index contributed by atoms with van der Waals surface area (Å²) in [5, 5.41) is 9.54. The van der Waals surface area contributed by atoms with Gasteiger partial charge in [0, 0.05) is 11.6 Å². The largest absolute Gasteiger partial charge is 0.480 e. The van der Waals surface area contributed by atoms with E-state index in [2.05, 4.69) is 0 Å². The number of carboxylic acids is 1. The third-order valence-electron chi connectivity index (χ3n) is 3.12. The minimum atomic E-state index is -1.09. The first-order chi connectivity index (χ1) is 10.5. The maximum Gasteiger partial charge on any atom is 0.323 e. The van der Waals surface area contributed by atoms with Crippen molar-refractivity contribution in [2.24, 2.45) is 0 Å². The first-order valence-electron chi connectivity index (χ1n) is 6.55. The number of halogens is 1. The van der Waals surface area contributed by atoms with Crippen LogP contribution in [0.4, 0.5) is 0 Å². The molecular formula is C14H15ClN2O4S. The molecule has 0 atom stereocenters. The molecule has 2 rings (SSSR count). The molecule has 1 saturated heterocycles. The van der Waals surface area contributed by atoms with Gasteiger partial charge >= 0.3 is 5.97 Å². The van der Waals surface area contributed by atoms with E-state index in [0.29, 0.717) is 16.7 Å². The molecule has 0 aliphatic carbocycles. The van der Waals surface area contributed by atoms with Crippen molar-refractivity contribution in [2.75, 3.05) is 24.7 Å². The minimum Gasteiger partial charge on any atom is -0.480 e. The Balaban J connectivity index is 2.04. The van der Waals surface area contributed by atoms with Gasteiger partial charge < -0.3 is 14.9 Å². The van der Waals surface area contributed by atoms with E-state index in [4.69, 9.17) is 16.7 Å². The third kappa shape index (κ3) is 4.64. The summed E-state index contributed by atoms with van der Waals surface area (Å²) in [5.74, 6) is -0.742. The van der Waals surface area contributed by atoms with Crippen LogP contribution in [0.2, 0.25) is 5.02 Å². The molecule has 1 N–H and O–H groups in total. The lowest BCUT2D eigenvalue weighted by Crippen LogP contribution is -2.42. The molecule has 6 nitrogen and oxygen atoms in total. The maximum atomic E-state index is 12.3. The highest BCUT2D eigenvalue weighted by Crippen LogP contribution is 2.16. The van der Waals surface area contributed by atoms with Crippen LogP contribution < -0.4 is 0 Å². The second kappa shape index (κ2) is 7.51. The van der Waals surface area contributed by atoms with Gasteiger partial charge in [0.15, 0.2) is 0 Å². The lowest BCUT2D eigenvalue weighted by Gasteiger charge is -2.23. The fourth-order valence-corrected chi connectivity index (χ4v) is 3.04. The predicted octanol–water partition coefficient (Wildman–Crippen LogP) is 1.29. The number of thioether (sulfide) groups is 1. The number of nitrogens with zero attached hydrogens (tertiary/aromatic N) is 2. The molecule has 0 bridgehead atoms. The van der Waals surface area contributed by atoms with Crippen molar-refractivity contribution in [1.29, 1.82) is 0 Å². The second-order valence-electron chi connectivity index (χ2n) is 4.84. The van der Waals surface area contributed by atoms with Gasteiger partial charge in [-0.2, -0.15) is 0 Å². The minimum absolute atomic E-state index is 0.0906. The highest BCUT2D eigenvalue weighted by Gasteiger charge is 2.26. The summed E-state index contributed by atoms with van der Waals surface area (Å²) in [5.41, 5.74) is 0.779. The van der Waals surface area contributed by atoms with Gasteiger partial charge in [0.05, 0.1) is 11.6 Å². The molecule has 118 valence electrons. The number of hydrogen-bond acceptors (Lipinski definition) is 4. The number of benzene rings is 1. The van der Waals surface area contributed by atoms with E-state index >= 15 is 0 Å². The van der Waals surface area contributed by atoms with Crippen molar-refractivity contribution >= 4 is 41.1 Å². The molecule has 0 unspecified atom stereocenters. The van der Waals surface area contributed by atoms with Gasteiger partial charge in [0.25, 0.3) is 0 Å². The quantitative estimate of drug-likeness (QED) is 0.842. The van der Waals surface area contributed by atoms with E-state index in [0.717, 1.165) is 5.56 Å². The molecule has 1 fully saturated rings. The lowest BCUT2D eigenvalue weighted by molar-refractivity contribution is -0.146. The standard InChI is InChI=1S/C14H15ClN2O4S/c15-11-3-1-10(2-4-11)5-16(7-14(20)21)12(18)6-17-9-22-8-13(17)19/h1-4H,5-9H2,(H,20,21). The van der Waals surface area contributed by atoms with E-state index < -0.39 is 12.5 Å². The van der Waals surface area contributed by atoms with Gasteiger partial charge in [-0.25, -0.2) is 0 Å². The van der Waals surface area contributed by atoms with Crippen LogP contribution in [0.3, 0.4) is 0 Å². The molecule has 0 aromatic heterocycles. The smallest absolute Gasteiger partial charge is 0.323 e. The Labute approximate surface area is 137 Å². The number of carbonyl (C=O) groups is 3. The Morgan fingerprint density at radius 2 is 2.00 bits per heavy atom. The zero-order valence-electron chi connectivity index (χ0n) is 11.7. The fourth-order valence-electron chi connectivity index (χ4n) is 2.01. The molecule has 2 amide bonds. The Bertz CT molecular complexity index is 579. The van der Waals surface area contributed by atoms with Crippen LogP contribution in [0.15, 0.2) is 24.3 Å². The average Bonchev–Trinajstić information content (AvgIpc) is 2.85. The summed E-state index contributed by atoms with van der Waals surface area (Å²) in [6.45, 7) is -0.333. The van der Waals surface area contributed by atoms with Gasteiger partial charge in [-0.15, -0.1) is 11.8 Å². The van der Waals surface area contributed by atoms with E-state index in [1.165, 1.54) is 21.6 Å². The monoisotopic (exact) mass is 342 g/mol. The summed E-state index contributed by atoms with van der Waals surface area (Å²) in [7, 11) is 0. The van der Waals surface area contributed by atoms with Crippen LogP contribution in [0.5, 0.6) is 0 Å². The summed E-state index contributed by atoms with van der Waals surface area (Å²) >= 11 is 7.24. The van der Waals surface area contributed by atoms with E-state index in [9.17, 15) is 14.4 Å². The van der Waals surface area contributed by atoms with Crippen LogP contribution in [0.25, 0.3) is 0 Å². The SMILES string of the molecule is O=C(O)CN(Cc1ccc(Cl)cc1)C(=O)CN1CSCC1=O.